The molecule has 0 amide bonds. The summed E-state index contributed by atoms with van der Waals surface area (Å²) < 4.78 is 26.0. The quantitative estimate of drug-likeness (QED) is 0.833. The van der Waals surface area contributed by atoms with E-state index in [1.807, 2.05) is 12.1 Å². The van der Waals surface area contributed by atoms with Crippen molar-refractivity contribution in [3.05, 3.63) is 29.8 Å². The average molecular weight is 284 g/mol. The van der Waals surface area contributed by atoms with Crippen LogP contribution in [-0.2, 0) is 10.0 Å². The van der Waals surface area contributed by atoms with Gasteiger partial charge < -0.3 is 5.32 Å². The van der Waals surface area contributed by atoms with Crippen LogP contribution in [0, 0.1) is 0 Å². The summed E-state index contributed by atoms with van der Waals surface area (Å²) in [6.45, 7) is 5.37. The highest BCUT2D eigenvalue weighted by Gasteiger charge is 2.20. The summed E-state index contributed by atoms with van der Waals surface area (Å²) in [6, 6.07) is 7.22. The molecule has 4 nitrogen and oxygen atoms in total. The maximum atomic E-state index is 12.3. The van der Waals surface area contributed by atoms with E-state index in [9.17, 15) is 8.42 Å². The molecular formula is C14H24N2O2S. The summed E-state index contributed by atoms with van der Waals surface area (Å²) in [5.74, 6) is 0.457. The van der Waals surface area contributed by atoms with Crippen molar-refractivity contribution in [2.24, 2.45) is 0 Å². The van der Waals surface area contributed by atoms with Crippen molar-refractivity contribution in [3.63, 3.8) is 0 Å². The van der Waals surface area contributed by atoms with E-state index in [1.54, 1.807) is 26.2 Å². The first kappa shape index (κ1) is 16.1. The van der Waals surface area contributed by atoms with Crippen molar-refractivity contribution in [2.45, 2.75) is 31.1 Å². The van der Waals surface area contributed by atoms with E-state index in [1.165, 1.54) is 9.87 Å². The van der Waals surface area contributed by atoms with Gasteiger partial charge in [0.25, 0.3) is 0 Å². The number of hydrogen-bond donors (Lipinski definition) is 1. The second kappa shape index (κ2) is 7.03. The Hall–Kier alpha value is -0.910. The number of likely N-dealkylation sites (N-methyl/N-ethyl adjacent to an activating group) is 2. The Labute approximate surface area is 116 Å². The summed E-state index contributed by atoms with van der Waals surface area (Å²) in [4.78, 5) is 0.359. The van der Waals surface area contributed by atoms with Crippen molar-refractivity contribution in [1.82, 2.24) is 9.62 Å². The third-order valence-electron chi connectivity index (χ3n) is 3.45. The molecule has 0 fully saturated rings. The van der Waals surface area contributed by atoms with Crippen LogP contribution in [0.15, 0.2) is 29.2 Å². The van der Waals surface area contributed by atoms with Gasteiger partial charge in [-0.15, -0.1) is 0 Å². The number of nitrogens with zero attached hydrogens (tertiary/aromatic N) is 1. The second-order valence-electron chi connectivity index (χ2n) is 4.81. The number of rotatable bonds is 7. The summed E-state index contributed by atoms with van der Waals surface area (Å²) in [5, 5.41) is 2.95. The zero-order chi connectivity index (χ0) is 14.5. The minimum absolute atomic E-state index is 0.359. The Balaban J connectivity index is 2.90. The molecule has 0 heterocycles. The molecule has 1 aromatic rings. The fourth-order valence-electron chi connectivity index (χ4n) is 1.77. The molecule has 0 aliphatic rings. The van der Waals surface area contributed by atoms with Gasteiger partial charge in [-0.05, 0) is 37.1 Å². The molecule has 0 aromatic heterocycles. The highest BCUT2D eigenvalue weighted by atomic mass is 32.2. The summed E-state index contributed by atoms with van der Waals surface area (Å²) in [5.41, 5.74) is 1.18. The van der Waals surface area contributed by atoms with E-state index in [0.717, 1.165) is 6.42 Å². The molecule has 108 valence electrons. The Kier molecular flexibility index (Phi) is 5.97. The Morgan fingerprint density at radius 1 is 1.26 bits per heavy atom. The van der Waals surface area contributed by atoms with E-state index in [0.29, 0.717) is 23.9 Å². The lowest BCUT2D eigenvalue weighted by Crippen LogP contribution is -2.32. The van der Waals surface area contributed by atoms with Crippen molar-refractivity contribution in [1.29, 1.82) is 0 Å². The molecule has 19 heavy (non-hydrogen) atoms. The van der Waals surface area contributed by atoms with Gasteiger partial charge in [0.1, 0.15) is 0 Å². The predicted octanol–water partition coefficient (Wildman–Crippen LogP) is 2.04. The van der Waals surface area contributed by atoms with Gasteiger partial charge in [-0.2, -0.15) is 4.31 Å². The first-order chi connectivity index (χ1) is 8.93. The molecule has 5 heteroatoms. The number of benzene rings is 1. The smallest absolute Gasteiger partial charge is 0.242 e. The Morgan fingerprint density at radius 2 is 1.84 bits per heavy atom. The largest absolute Gasteiger partial charge is 0.318 e. The highest BCUT2D eigenvalue weighted by Crippen LogP contribution is 2.21. The van der Waals surface area contributed by atoms with Crippen molar-refractivity contribution < 1.29 is 8.42 Å². The molecule has 1 rings (SSSR count). The first-order valence-corrected chi connectivity index (χ1v) is 8.08. The molecular weight excluding hydrogens is 260 g/mol. The van der Waals surface area contributed by atoms with Crippen molar-refractivity contribution >= 4 is 10.0 Å². The van der Waals surface area contributed by atoms with Crippen LogP contribution in [0.5, 0.6) is 0 Å². The Bertz CT molecular complexity index is 483. The molecule has 1 aromatic carbocycles. The fourth-order valence-corrected chi connectivity index (χ4v) is 2.94. The van der Waals surface area contributed by atoms with Crippen molar-refractivity contribution in [2.75, 3.05) is 27.2 Å². The monoisotopic (exact) mass is 284 g/mol. The standard InChI is InChI=1S/C14H24N2O2S/c1-5-12(2)13-6-8-14(9-7-13)19(17,18)16(4)11-10-15-3/h6-9,12,15H,5,10-11H2,1-4H3. The van der Waals surface area contributed by atoms with Crippen LogP contribution in [0.25, 0.3) is 0 Å². The molecule has 1 atom stereocenters. The summed E-state index contributed by atoms with van der Waals surface area (Å²) >= 11 is 0. The van der Waals surface area contributed by atoms with Crippen LogP contribution < -0.4 is 5.32 Å². The topological polar surface area (TPSA) is 49.4 Å². The maximum absolute atomic E-state index is 12.3. The normalized spacial score (nSPS) is 13.7. The average Bonchev–Trinajstić information content (AvgIpc) is 2.43. The lowest BCUT2D eigenvalue weighted by molar-refractivity contribution is 0.466. The van der Waals surface area contributed by atoms with Crippen LogP contribution >= 0.6 is 0 Å². The van der Waals surface area contributed by atoms with Crippen LogP contribution in [0.1, 0.15) is 31.7 Å². The van der Waals surface area contributed by atoms with Gasteiger partial charge in [0.15, 0.2) is 0 Å². The molecule has 0 aliphatic heterocycles. The van der Waals surface area contributed by atoms with Crippen molar-refractivity contribution in [3.8, 4) is 0 Å². The lowest BCUT2D eigenvalue weighted by Gasteiger charge is -2.17. The first-order valence-electron chi connectivity index (χ1n) is 6.64. The van der Waals surface area contributed by atoms with Gasteiger partial charge in [-0.3, -0.25) is 0 Å². The fraction of sp³-hybridized carbons (Fsp3) is 0.571. The van der Waals surface area contributed by atoms with Gasteiger partial charge in [-0.25, -0.2) is 8.42 Å². The molecule has 0 radical (unpaired) electrons. The summed E-state index contributed by atoms with van der Waals surface area (Å²) in [7, 11) is 0.0463. The Morgan fingerprint density at radius 3 is 2.32 bits per heavy atom. The molecule has 0 saturated carbocycles. The zero-order valence-electron chi connectivity index (χ0n) is 12.2. The molecule has 0 spiro atoms. The van der Waals surface area contributed by atoms with E-state index >= 15 is 0 Å². The van der Waals surface area contributed by atoms with Crippen LogP contribution in [0.4, 0.5) is 0 Å². The van der Waals surface area contributed by atoms with E-state index in [-0.39, 0.29) is 0 Å². The van der Waals surface area contributed by atoms with E-state index in [2.05, 4.69) is 19.2 Å². The third kappa shape index (κ3) is 4.03. The minimum Gasteiger partial charge on any atom is -0.318 e. The number of hydrogen-bond acceptors (Lipinski definition) is 3. The van der Waals surface area contributed by atoms with Gasteiger partial charge in [0, 0.05) is 20.1 Å². The third-order valence-corrected chi connectivity index (χ3v) is 5.32. The van der Waals surface area contributed by atoms with Gasteiger partial charge in [0.2, 0.25) is 10.0 Å². The van der Waals surface area contributed by atoms with Crippen LogP contribution in [0.2, 0.25) is 0 Å². The molecule has 1 unspecified atom stereocenters. The van der Waals surface area contributed by atoms with Crippen LogP contribution in [0.3, 0.4) is 0 Å². The van der Waals surface area contributed by atoms with Crippen LogP contribution in [-0.4, -0.2) is 39.9 Å². The SMILES string of the molecule is CCC(C)c1ccc(S(=O)(=O)N(C)CCNC)cc1. The van der Waals surface area contributed by atoms with Gasteiger partial charge in [0.05, 0.1) is 4.90 Å². The second-order valence-corrected chi connectivity index (χ2v) is 6.85. The maximum Gasteiger partial charge on any atom is 0.242 e. The minimum atomic E-state index is -3.37. The van der Waals surface area contributed by atoms with E-state index < -0.39 is 10.0 Å². The van der Waals surface area contributed by atoms with Gasteiger partial charge in [-0.1, -0.05) is 26.0 Å². The predicted molar refractivity (Wildman–Crippen MR) is 78.9 cm³/mol. The lowest BCUT2D eigenvalue weighted by atomic mass is 9.99. The molecule has 0 aliphatic carbocycles. The zero-order valence-corrected chi connectivity index (χ0v) is 13.0. The molecule has 0 bridgehead atoms. The summed E-state index contributed by atoms with van der Waals surface area (Å²) in [6.07, 6.45) is 1.05. The molecule has 0 saturated heterocycles. The molecule has 1 N–H and O–H groups in total. The number of nitrogens with one attached hydrogen (secondary N) is 1. The highest BCUT2D eigenvalue weighted by molar-refractivity contribution is 7.89. The van der Waals surface area contributed by atoms with E-state index in [4.69, 9.17) is 0 Å². The number of sulfonamides is 1. The van der Waals surface area contributed by atoms with Gasteiger partial charge >= 0.3 is 0 Å².